The van der Waals surface area contributed by atoms with Crippen LogP contribution in [0.5, 0.6) is 0 Å². The van der Waals surface area contributed by atoms with Gasteiger partial charge in [0.05, 0.1) is 24.5 Å². The molecule has 0 unspecified atom stereocenters. The van der Waals surface area contributed by atoms with Gasteiger partial charge in [0.2, 0.25) is 0 Å². The Morgan fingerprint density at radius 3 is 0.917 bits per heavy atom. The highest BCUT2D eigenvalue weighted by molar-refractivity contribution is 6.61. The zero-order chi connectivity index (χ0) is 28.0. The van der Waals surface area contributed by atoms with E-state index >= 15 is 0 Å². The van der Waals surface area contributed by atoms with Crippen LogP contribution in [0.1, 0.15) is 69.2 Å². The molecule has 0 aliphatic rings. The summed E-state index contributed by atoms with van der Waals surface area (Å²) in [6.45, 7) is 21.2. The number of carbonyl (C=O) groups excluding carboxylic acids is 2. The van der Waals surface area contributed by atoms with E-state index in [2.05, 4.69) is 10.6 Å². The molecule has 0 heterocycles. The molecule has 216 valence electrons. The van der Waals surface area contributed by atoms with Crippen LogP contribution in [0, 0.1) is 0 Å². The molecule has 0 spiro atoms. The van der Waals surface area contributed by atoms with Gasteiger partial charge in [0.25, 0.3) is 0 Å². The highest BCUT2D eigenvalue weighted by atomic mass is 28.4. The van der Waals surface area contributed by atoms with Crippen molar-refractivity contribution in [1.29, 1.82) is 0 Å². The second-order valence-corrected chi connectivity index (χ2v) is 12.8. The van der Waals surface area contributed by atoms with Crippen molar-refractivity contribution in [2.45, 2.75) is 81.4 Å². The van der Waals surface area contributed by atoms with Crippen LogP contribution in [-0.4, -0.2) is 94.0 Å². The lowest BCUT2D eigenvalue weighted by Gasteiger charge is -2.28. The minimum atomic E-state index is -2.82. The molecule has 0 aromatic heterocycles. The van der Waals surface area contributed by atoms with E-state index in [1.54, 1.807) is 27.7 Å². The van der Waals surface area contributed by atoms with Crippen LogP contribution < -0.4 is 10.6 Å². The van der Waals surface area contributed by atoms with E-state index in [0.29, 0.717) is 39.6 Å². The molecule has 0 radical (unpaired) electrons. The summed E-state index contributed by atoms with van der Waals surface area (Å²) in [5.41, 5.74) is 0. The summed E-state index contributed by atoms with van der Waals surface area (Å²) < 4.78 is 43.5. The molecular formula is C22H50N2O10Si2. The molecule has 0 aromatic carbocycles. The Morgan fingerprint density at radius 1 is 0.528 bits per heavy atom. The maximum Gasteiger partial charge on any atom is 0.521 e. The molecule has 2 N–H and O–H groups in total. The Kier molecular flexibility index (Phi) is 22.3. The Labute approximate surface area is 219 Å². The van der Waals surface area contributed by atoms with Crippen LogP contribution >= 0.6 is 0 Å². The fourth-order valence-electron chi connectivity index (χ4n) is 2.75. The average molecular weight is 559 g/mol. The van der Waals surface area contributed by atoms with E-state index in [4.69, 9.17) is 36.0 Å². The first-order chi connectivity index (χ1) is 17.0. The van der Waals surface area contributed by atoms with Crippen LogP contribution in [0.2, 0.25) is 0 Å². The summed E-state index contributed by atoms with van der Waals surface area (Å²) in [6, 6.07) is 0. The second kappa shape index (κ2) is 21.8. The molecular weight excluding hydrogens is 508 g/mol. The van der Waals surface area contributed by atoms with Crippen molar-refractivity contribution in [3.63, 3.8) is 0 Å². The first-order valence-corrected chi connectivity index (χ1v) is 16.6. The van der Waals surface area contributed by atoms with Gasteiger partial charge in [-0.05, 0) is 69.2 Å². The fraction of sp³-hybridized carbons (Fsp3) is 0.909. The molecule has 0 aromatic rings. The highest BCUT2D eigenvalue weighted by Gasteiger charge is 2.42. The zero-order valence-electron chi connectivity index (χ0n) is 23.9. The average Bonchev–Trinajstić information content (AvgIpc) is 2.77. The number of alkyl carbamates (subject to hydrolysis) is 2. The molecule has 14 heteroatoms. The quantitative estimate of drug-likeness (QED) is 0.241. The molecule has 2 amide bonds. The lowest BCUT2D eigenvalue weighted by atomic mass is 10.5. The number of rotatable bonds is 18. The second-order valence-electron chi connectivity index (χ2n) is 7.58. The van der Waals surface area contributed by atoms with E-state index in [9.17, 15) is 9.59 Å². The third-order valence-electron chi connectivity index (χ3n) is 3.77. The van der Waals surface area contributed by atoms with Gasteiger partial charge in [0.1, 0.15) is 0 Å². The van der Waals surface area contributed by atoms with Crippen LogP contribution in [-0.2, 0) is 36.0 Å². The predicted octanol–water partition coefficient (Wildman–Crippen LogP) is 3.42. The first-order valence-electron chi connectivity index (χ1n) is 12.7. The zero-order valence-corrected chi connectivity index (χ0v) is 25.9. The third kappa shape index (κ3) is 18.1. The van der Waals surface area contributed by atoms with Gasteiger partial charge in [-0.1, -0.05) is 0 Å². The smallest absolute Gasteiger partial charge is 0.447 e. The van der Waals surface area contributed by atoms with Gasteiger partial charge in [-0.3, -0.25) is 0 Å². The largest absolute Gasteiger partial charge is 0.521 e. The maximum absolute atomic E-state index is 11.4. The van der Waals surface area contributed by atoms with Crippen molar-refractivity contribution < 1.29 is 45.6 Å². The van der Waals surface area contributed by atoms with Crippen molar-refractivity contribution in [3.05, 3.63) is 0 Å². The normalized spacial score (nSPS) is 11.7. The lowest BCUT2D eigenvalue weighted by molar-refractivity contribution is 0.0665. The predicted molar refractivity (Wildman–Crippen MR) is 141 cm³/mol. The first kappa shape index (κ1) is 36.9. The standard InChI is InChI=1S/2C11H25NO5Si/c2*1-6-14-18(15-7-2,16-8-3)9-12-11(13)17-10(4)5/h2*10H,6-9H2,1-5H3,(H,12,13). The van der Waals surface area contributed by atoms with Crippen molar-refractivity contribution >= 4 is 29.8 Å². The number of ether oxygens (including phenoxy) is 2. The van der Waals surface area contributed by atoms with E-state index < -0.39 is 29.8 Å². The highest BCUT2D eigenvalue weighted by Crippen LogP contribution is 2.10. The van der Waals surface area contributed by atoms with Crippen LogP contribution in [0.3, 0.4) is 0 Å². The van der Waals surface area contributed by atoms with Gasteiger partial charge in [-0.25, -0.2) is 9.59 Å². The van der Waals surface area contributed by atoms with Gasteiger partial charge in [-0.15, -0.1) is 0 Å². The Hall–Kier alpha value is -1.27. The molecule has 0 saturated heterocycles. The number of amides is 2. The molecule has 0 saturated carbocycles. The lowest BCUT2D eigenvalue weighted by Crippen LogP contribution is -2.55. The third-order valence-corrected chi connectivity index (χ3v) is 9.36. The molecule has 0 rings (SSSR count). The van der Waals surface area contributed by atoms with Crippen LogP contribution in [0.25, 0.3) is 0 Å². The summed E-state index contributed by atoms with van der Waals surface area (Å²) >= 11 is 0. The van der Waals surface area contributed by atoms with E-state index in [0.717, 1.165) is 0 Å². The van der Waals surface area contributed by atoms with Crippen molar-refractivity contribution in [2.24, 2.45) is 0 Å². The molecule has 0 bridgehead atoms. The van der Waals surface area contributed by atoms with Crippen molar-refractivity contribution in [1.82, 2.24) is 10.6 Å². The fourth-order valence-corrected chi connectivity index (χ4v) is 7.22. The topological polar surface area (TPSA) is 132 Å². The minimum Gasteiger partial charge on any atom is -0.447 e. The summed E-state index contributed by atoms with van der Waals surface area (Å²) in [4.78, 5) is 22.9. The minimum absolute atomic E-state index is 0.160. The monoisotopic (exact) mass is 558 g/mol. The van der Waals surface area contributed by atoms with Crippen LogP contribution in [0.15, 0.2) is 0 Å². The Balaban J connectivity index is 0. The van der Waals surface area contributed by atoms with E-state index in [1.165, 1.54) is 0 Å². The summed E-state index contributed by atoms with van der Waals surface area (Å²) in [5, 5.41) is 5.27. The van der Waals surface area contributed by atoms with Gasteiger partial charge in [-0.2, -0.15) is 0 Å². The molecule has 36 heavy (non-hydrogen) atoms. The molecule has 0 aliphatic heterocycles. The SMILES string of the molecule is CCO[Si](CNC(=O)OC(C)C)(OCC)OCC.CCO[Si](CNC(=O)OC(C)C)(OCC)OCC. The Morgan fingerprint density at radius 2 is 0.750 bits per heavy atom. The maximum atomic E-state index is 11.4. The number of hydrogen-bond acceptors (Lipinski definition) is 10. The van der Waals surface area contributed by atoms with Gasteiger partial charge in [0, 0.05) is 39.6 Å². The molecule has 0 aliphatic carbocycles. The van der Waals surface area contributed by atoms with Crippen molar-refractivity contribution in [2.75, 3.05) is 52.0 Å². The van der Waals surface area contributed by atoms with Crippen molar-refractivity contribution in [3.8, 4) is 0 Å². The van der Waals surface area contributed by atoms with Gasteiger partial charge >= 0.3 is 29.8 Å². The van der Waals surface area contributed by atoms with E-state index in [-0.39, 0.29) is 24.5 Å². The summed E-state index contributed by atoms with van der Waals surface area (Å²) in [6.07, 6.45) is -0.857. The van der Waals surface area contributed by atoms with E-state index in [1.807, 2.05) is 41.5 Å². The van der Waals surface area contributed by atoms with Gasteiger partial charge < -0.3 is 46.7 Å². The number of hydrogen-bond donors (Lipinski definition) is 2. The number of nitrogens with one attached hydrogen (secondary N) is 2. The molecule has 12 nitrogen and oxygen atoms in total. The molecule has 0 fully saturated rings. The Bertz CT molecular complexity index is 489. The van der Waals surface area contributed by atoms with Gasteiger partial charge in [0.15, 0.2) is 0 Å². The van der Waals surface area contributed by atoms with Crippen LogP contribution in [0.4, 0.5) is 9.59 Å². The molecule has 0 atom stereocenters. The number of carbonyl (C=O) groups is 2. The summed E-state index contributed by atoms with van der Waals surface area (Å²) in [5.74, 6) is 0. The summed E-state index contributed by atoms with van der Waals surface area (Å²) in [7, 11) is -5.64.